The van der Waals surface area contributed by atoms with Gasteiger partial charge in [-0.25, -0.2) is 0 Å². The van der Waals surface area contributed by atoms with E-state index in [0.717, 1.165) is 12.0 Å². The van der Waals surface area contributed by atoms with E-state index in [4.69, 9.17) is 0 Å². The Kier molecular flexibility index (Phi) is 1.46. The molecule has 0 unspecified atom stereocenters. The topological polar surface area (TPSA) is 12.0 Å². The van der Waals surface area contributed by atoms with Crippen LogP contribution in [0.1, 0.15) is 32.1 Å². The van der Waals surface area contributed by atoms with E-state index in [9.17, 15) is 0 Å². The molecule has 0 aromatic rings. The lowest BCUT2D eigenvalue weighted by Gasteiger charge is -2.26. The molecule has 0 aromatic heterocycles. The SMILES string of the molecule is C1CN[C@H]2CCC[C@@H]2C1. The van der Waals surface area contributed by atoms with E-state index < -0.39 is 0 Å². The smallest absolute Gasteiger partial charge is 0.00953 e. The largest absolute Gasteiger partial charge is 0.314 e. The van der Waals surface area contributed by atoms with Crippen molar-refractivity contribution in [2.75, 3.05) is 6.54 Å². The molecule has 52 valence electrons. The van der Waals surface area contributed by atoms with Crippen LogP contribution in [0.2, 0.25) is 0 Å². The minimum atomic E-state index is 0.916. The van der Waals surface area contributed by atoms with Gasteiger partial charge in [0.05, 0.1) is 0 Å². The molecule has 1 saturated heterocycles. The zero-order valence-corrected chi connectivity index (χ0v) is 5.90. The molecule has 9 heavy (non-hydrogen) atoms. The van der Waals surface area contributed by atoms with Crippen LogP contribution < -0.4 is 5.32 Å². The van der Waals surface area contributed by atoms with E-state index in [2.05, 4.69) is 5.32 Å². The first-order valence-corrected chi connectivity index (χ1v) is 4.20. The number of hydrogen-bond acceptors (Lipinski definition) is 1. The van der Waals surface area contributed by atoms with Crippen molar-refractivity contribution in [1.29, 1.82) is 0 Å². The fraction of sp³-hybridized carbons (Fsp3) is 1.00. The maximum Gasteiger partial charge on any atom is 0.00953 e. The first-order chi connectivity index (χ1) is 4.47. The third-order valence-corrected chi connectivity index (χ3v) is 2.82. The summed E-state index contributed by atoms with van der Waals surface area (Å²) >= 11 is 0. The Hall–Kier alpha value is -0.0400. The predicted octanol–water partition coefficient (Wildman–Crippen LogP) is 1.54. The number of rotatable bonds is 0. The van der Waals surface area contributed by atoms with Crippen LogP contribution in [0, 0.1) is 5.92 Å². The molecule has 1 heterocycles. The Morgan fingerprint density at radius 2 is 1.89 bits per heavy atom. The van der Waals surface area contributed by atoms with Crippen molar-refractivity contribution in [3.63, 3.8) is 0 Å². The second-order valence-corrected chi connectivity index (χ2v) is 3.39. The molecule has 1 N–H and O–H groups in total. The highest BCUT2D eigenvalue weighted by molar-refractivity contribution is 4.86. The van der Waals surface area contributed by atoms with Gasteiger partial charge in [0, 0.05) is 6.04 Å². The van der Waals surface area contributed by atoms with Crippen LogP contribution in [0.5, 0.6) is 0 Å². The zero-order chi connectivity index (χ0) is 6.10. The molecule has 1 aliphatic carbocycles. The third kappa shape index (κ3) is 0.983. The number of nitrogens with one attached hydrogen (secondary N) is 1. The third-order valence-electron chi connectivity index (χ3n) is 2.82. The fourth-order valence-electron chi connectivity index (χ4n) is 2.30. The monoisotopic (exact) mass is 125 g/mol. The summed E-state index contributed by atoms with van der Waals surface area (Å²) in [5.41, 5.74) is 0. The quantitative estimate of drug-likeness (QED) is 0.518. The zero-order valence-electron chi connectivity index (χ0n) is 5.90. The van der Waals surface area contributed by atoms with Gasteiger partial charge in [-0.1, -0.05) is 6.42 Å². The summed E-state index contributed by atoms with van der Waals surface area (Å²) in [6, 6.07) is 0.916. The van der Waals surface area contributed by atoms with Gasteiger partial charge in [-0.15, -0.1) is 0 Å². The summed E-state index contributed by atoms with van der Waals surface area (Å²) in [6.07, 6.45) is 7.34. The number of piperidine rings is 1. The molecule has 1 saturated carbocycles. The Balaban J connectivity index is 1.97. The average Bonchev–Trinajstić information content (AvgIpc) is 2.33. The van der Waals surface area contributed by atoms with Crippen molar-refractivity contribution in [3.8, 4) is 0 Å². The van der Waals surface area contributed by atoms with Crippen molar-refractivity contribution in [2.45, 2.75) is 38.1 Å². The lowest BCUT2D eigenvalue weighted by atomic mass is 9.94. The molecule has 2 rings (SSSR count). The normalized spacial score (nSPS) is 42.7. The summed E-state index contributed by atoms with van der Waals surface area (Å²) in [6.45, 7) is 1.28. The standard InChI is InChI=1S/C8H15N/c1-3-7-4-2-6-9-8(7)5-1/h7-9H,1-6H2/t7-,8+/m1/s1. The maximum absolute atomic E-state index is 3.58. The molecular weight excluding hydrogens is 110 g/mol. The van der Waals surface area contributed by atoms with Gasteiger partial charge in [-0.2, -0.15) is 0 Å². The van der Waals surface area contributed by atoms with E-state index >= 15 is 0 Å². The van der Waals surface area contributed by atoms with Crippen LogP contribution in [-0.4, -0.2) is 12.6 Å². The molecule has 2 atom stereocenters. The van der Waals surface area contributed by atoms with Gasteiger partial charge >= 0.3 is 0 Å². The van der Waals surface area contributed by atoms with Gasteiger partial charge in [0.15, 0.2) is 0 Å². The van der Waals surface area contributed by atoms with Crippen molar-refractivity contribution in [1.82, 2.24) is 5.32 Å². The first kappa shape index (κ1) is 5.72. The summed E-state index contributed by atoms with van der Waals surface area (Å²) in [5, 5.41) is 3.58. The summed E-state index contributed by atoms with van der Waals surface area (Å²) in [5.74, 6) is 1.05. The molecule has 1 heteroatoms. The van der Waals surface area contributed by atoms with Crippen LogP contribution in [0.15, 0.2) is 0 Å². The lowest BCUT2D eigenvalue weighted by Crippen LogP contribution is -2.37. The minimum Gasteiger partial charge on any atom is -0.314 e. The second kappa shape index (κ2) is 2.30. The van der Waals surface area contributed by atoms with Crippen LogP contribution in [0.3, 0.4) is 0 Å². The van der Waals surface area contributed by atoms with Crippen LogP contribution in [-0.2, 0) is 0 Å². The van der Waals surface area contributed by atoms with E-state index in [0.29, 0.717) is 0 Å². The molecule has 0 amide bonds. The van der Waals surface area contributed by atoms with E-state index in [1.54, 1.807) is 0 Å². The molecule has 0 radical (unpaired) electrons. The average molecular weight is 125 g/mol. The Labute approximate surface area is 56.8 Å². The van der Waals surface area contributed by atoms with Crippen molar-refractivity contribution < 1.29 is 0 Å². The first-order valence-electron chi connectivity index (χ1n) is 4.20. The summed E-state index contributed by atoms with van der Waals surface area (Å²) < 4.78 is 0. The van der Waals surface area contributed by atoms with Crippen LogP contribution in [0.4, 0.5) is 0 Å². The molecular formula is C8H15N. The van der Waals surface area contributed by atoms with Crippen molar-refractivity contribution in [3.05, 3.63) is 0 Å². The van der Waals surface area contributed by atoms with E-state index in [1.807, 2.05) is 0 Å². The Bertz CT molecular complexity index is 88.7. The molecule has 1 nitrogen and oxygen atoms in total. The van der Waals surface area contributed by atoms with Crippen LogP contribution in [0.25, 0.3) is 0 Å². The molecule has 1 aliphatic heterocycles. The molecule has 0 aromatic carbocycles. The molecule has 0 spiro atoms. The number of fused-ring (bicyclic) bond motifs is 1. The highest BCUT2D eigenvalue weighted by atomic mass is 14.9. The van der Waals surface area contributed by atoms with Crippen LogP contribution >= 0.6 is 0 Å². The Morgan fingerprint density at radius 1 is 1.00 bits per heavy atom. The lowest BCUT2D eigenvalue weighted by molar-refractivity contribution is 0.318. The summed E-state index contributed by atoms with van der Waals surface area (Å²) in [4.78, 5) is 0. The highest BCUT2D eigenvalue weighted by Crippen LogP contribution is 2.31. The number of hydrogen-bond donors (Lipinski definition) is 1. The molecule has 0 bridgehead atoms. The van der Waals surface area contributed by atoms with Crippen molar-refractivity contribution >= 4 is 0 Å². The van der Waals surface area contributed by atoms with Gasteiger partial charge in [-0.3, -0.25) is 0 Å². The predicted molar refractivity (Wildman–Crippen MR) is 38.4 cm³/mol. The van der Waals surface area contributed by atoms with Gasteiger partial charge in [0.1, 0.15) is 0 Å². The fourth-order valence-corrected chi connectivity index (χ4v) is 2.30. The molecule has 2 fully saturated rings. The van der Waals surface area contributed by atoms with Gasteiger partial charge in [0.25, 0.3) is 0 Å². The minimum absolute atomic E-state index is 0.916. The molecule has 2 aliphatic rings. The Morgan fingerprint density at radius 3 is 2.78 bits per heavy atom. The van der Waals surface area contributed by atoms with E-state index in [-0.39, 0.29) is 0 Å². The highest BCUT2D eigenvalue weighted by Gasteiger charge is 2.28. The maximum atomic E-state index is 3.58. The van der Waals surface area contributed by atoms with Crippen molar-refractivity contribution in [2.24, 2.45) is 5.92 Å². The van der Waals surface area contributed by atoms with Gasteiger partial charge in [0.2, 0.25) is 0 Å². The second-order valence-electron chi connectivity index (χ2n) is 3.39. The van der Waals surface area contributed by atoms with Gasteiger partial charge < -0.3 is 5.32 Å². The van der Waals surface area contributed by atoms with E-state index in [1.165, 1.54) is 38.6 Å². The van der Waals surface area contributed by atoms with Gasteiger partial charge in [-0.05, 0) is 38.1 Å². The summed E-state index contributed by atoms with van der Waals surface area (Å²) in [7, 11) is 0.